The highest BCUT2D eigenvalue weighted by Gasteiger charge is 2.25. The van der Waals surface area contributed by atoms with E-state index in [1.165, 1.54) is 25.7 Å². The lowest BCUT2D eigenvalue weighted by atomic mass is 10.2. The first kappa shape index (κ1) is 19.2. The van der Waals surface area contributed by atoms with Crippen LogP contribution in [0.3, 0.4) is 0 Å². The largest absolute Gasteiger partial charge is 0.468 e. The summed E-state index contributed by atoms with van der Waals surface area (Å²) in [5.41, 5.74) is 0. The summed E-state index contributed by atoms with van der Waals surface area (Å²) in [7, 11) is 2.08. The van der Waals surface area contributed by atoms with Gasteiger partial charge in [0.25, 0.3) is 0 Å². The summed E-state index contributed by atoms with van der Waals surface area (Å²) in [5, 5.41) is 3.41. The molecule has 26 heavy (non-hydrogen) atoms. The molecule has 1 unspecified atom stereocenters. The van der Waals surface area contributed by atoms with Crippen molar-refractivity contribution in [3.05, 3.63) is 24.2 Å². The van der Waals surface area contributed by atoms with E-state index in [0.717, 1.165) is 57.0 Å². The summed E-state index contributed by atoms with van der Waals surface area (Å²) in [5.74, 6) is 2.77. The quantitative estimate of drug-likeness (QED) is 0.394. The van der Waals surface area contributed by atoms with Gasteiger partial charge in [0.2, 0.25) is 0 Å². The molecular formula is C20H34N4O2. The average molecular weight is 363 g/mol. The minimum atomic E-state index is 0.223. The fourth-order valence-corrected chi connectivity index (χ4v) is 3.40. The van der Waals surface area contributed by atoms with Crippen LogP contribution in [0.1, 0.15) is 44.4 Å². The Kier molecular flexibility index (Phi) is 7.38. The van der Waals surface area contributed by atoms with Crippen molar-refractivity contribution in [1.82, 2.24) is 15.1 Å². The van der Waals surface area contributed by atoms with E-state index in [0.29, 0.717) is 6.54 Å². The smallest absolute Gasteiger partial charge is 0.193 e. The van der Waals surface area contributed by atoms with E-state index >= 15 is 0 Å². The van der Waals surface area contributed by atoms with Crippen LogP contribution in [-0.2, 0) is 4.74 Å². The molecule has 3 rings (SSSR count). The number of ether oxygens (including phenoxy) is 1. The summed E-state index contributed by atoms with van der Waals surface area (Å²) >= 11 is 0. The fourth-order valence-electron chi connectivity index (χ4n) is 3.40. The number of nitrogens with zero attached hydrogens (tertiary/aromatic N) is 3. The van der Waals surface area contributed by atoms with E-state index in [-0.39, 0.29) is 6.04 Å². The lowest BCUT2D eigenvalue weighted by Gasteiger charge is -2.26. The third kappa shape index (κ3) is 5.74. The lowest BCUT2D eigenvalue weighted by Crippen LogP contribution is -2.41. The van der Waals surface area contributed by atoms with Crippen molar-refractivity contribution in [3.63, 3.8) is 0 Å². The number of furan rings is 1. The number of guanidine groups is 1. The molecule has 1 saturated heterocycles. The Morgan fingerprint density at radius 3 is 2.88 bits per heavy atom. The van der Waals surface area contributed by atoms with Gasteiger partial charge in [-0.15, -0.1) is 0 Å². The minimum Gasteiger partial charge on any atom is -0.468 e. The van der Waals surface area contributed by atoms with E-state index < -0.39 is 0 Å². The van der Waals surface area contributed by atoms with Crippen LogP contribution in [0, 0.1) is 5.92 Å². The van der Waals surface area contributed by atoms with Gasteiger partial charge in [0.1, 0.15) is 5.76 Å². The molecule has 1 aliphatic carbocycles. The third-order valence-corrected chi connectivity index (χ3v) is 5.18. The Hall–Kier alpha value is -1.53. The normalized spacial score (nSPS) is 19.7. The van der Waals surface area contributed by atoms with Gasteiger partial charge < -0.3 is 19.4 Å². The first-order valence-electron chi connectivity index (χ1n) is 10.1. The van der Waals surface area contributed by atoms with E-state index in [9.17, 15) is 0 Å². The zero-order valence-corrected chi connectivity index (χ0v) is 16.3. The predicted molar refractivity (Wildman–Crippen MR) is 104 cm³/mol. The van der Waals surface area contributed by atoms with E-state index in [2.05, 4.69) is 35.2 Å². The van der Waals surface area contributed by atoms with Crippen LogP contribution in [0.15, 0.2) is 27.8 Å². The first-order valence-corrected chi connectivity index (χ1v) is 10.1. The molecule has 2 fully saturated rings. The van der Waals surface area contributed by atoms with Gasteiger partial charge in [-0.05, 0) is 63.7 Å². The monoisotopic (exact) mass is 362 g/mol. The van der Waals surface area contributed by atoms with Gasteiger partial charge in [-0.25, -0.2) is 0 Å². The maximum absolute atomic E-state index is 5.77. The van der Waals surface area contributed by atoms with Gasteiger partial charge in [0.15, 0.2) is 5.96 Å². The van der Waals surface area contributed by atoms with Crippen molar-refractivity contribution in [1.29, 1.82) is 0 Å². The van der Waals surface area contributed by atoms with Crippen molar-refractivity contribution >= 4 is 5.96 Å². The standard InChI is InChI=1S/C20H34N4O2/c1-3-21-20(23(2)12-14-25-16-17-8-9-17)22-15-18(19-7-6-13-26-19)24-10-4-5-11-24/h6-7,13,17-18H,3-5,8-12,14-16H2,1-2H3,(H,21,22). The van der Waals surface area contributed by atoms with Gasteiger partial charge in [-0.3, -0.25) is 9.89 Å². The summed E-state index contributed by atoms with van der Waals surface area (Å²) in [6, 6.07) is 4.26. The molecule has 2 aliphatic rings. The average Bonchev–Trinajstić information content (AvgIpc) is 3.10. The Morgan fingerprint density at radius 1 is 1.42 bits per heavy atom. The molecule has 1 saturated carbocycles. The number of hydrogen-bond acceptors (Lipinski definition) is 4. The van der Waals surface area contributed by atoms with Crippen molar-refractivity contribution < 1.29 is 9.15 Å². The van der Waals surface area contributed by atoms with Crippen molar-refractivity contribution in [2.24, 2.45) is 10.9 Å². The molecule has 6 heteroatoms. The van der Waals surface area contributed by atoms with Crippen LogP contribution in [0.25, 0.3) is 0 Å². The highest BCUT2D eigenvalue weighted by atomic mass is 16.5. The minimum absolute atomic E-state index is 0.223. The summed E-state index contributed by atoms with van der Waals surface area (Å²) < 4.78 is 11.5. The van der Waals surface area contributed by atoms with E-state index in [4.69, 9.17) is 14.1 Å². The molecule has 0 aromatic carbocycles. The molecule has 2 heterocycles. The Morgan fingerprint density at radius 2 is 2.23 bits per heavy atom. The molecule has 146 valence electrons. The topological polar surface area (TPSA) is 53.2 Å². The number of likely N-dealkylation sites (tertiary alicyclic amines) is 1. The summed E-state index contributed by atoms with van der Waals surface area (Å²) in [6.45, 7) is 8.46. The molecule has 0 amide bonds. The summed E-state index contributed by atoms with van der Waals surface area (Å²) in [6.07, 6.45) is 6.96. The van der Waals surface area contributed by atoms with Gasteiger partial charge in [-0.2, -0.15) is 0 Å². The van der Waals surface area contributed by atoms with Gasteiger partial charge in [0.05, 0.1) is 25.5 Å². The van der Waals surface area contributed by atoms with Crippen molar-refractivity contribution in [3.8, 4) is 0 Å². The molecule has 0 bridgehead atoms. The molecular weight excluding hydrogens is 328 g/mol. The maximum Gasteiger partial charge on any atom is 0.193 e. The fraction of sp³-hybridized carbons (Fsp3) is 0.750. The number of aliphatic imine (C=N–C) groups is 1. The van der Waals surface area contributed by atoms with E-state index in [1.54, 1.807) is 6.26 Å². The highest BCUT2D eigenvalue weighted by molar-refractivity contribution is 5.79. The van der Waals surface area contributed by atoms with Crippen molar-refractivity contribution in [2.75, 3.05) is 53.0 Å². The third-order valence-electron chi connectivity index (χ3n) is 5.18. The van der Waals surface area contributed by atoms with Crippen LogP contribution in [0.5, 0.6) is 0 Å². The first-order chi connectivity index (χ1) is 12.8. The predicted octanol–water partition coefficient (Wildman–Crippen LogP) is 2.74. The second-order valence-electron chi connectivity index (χ2n) is 7.41. The molecule has 1 aromatic rings. The lowest BCUT2D eigenvalue weighted by molar-refractivity contribution is 0.115. The van der Waals surface area contributed by atoms with Crippen LogP contribution >= 0.6 is 0 Å². The van der Waals surface area contributed by atoms with Crippen LogP contribution in [0.2, 0.25) is 0 Å². The molecule has 1 aliphatic heterocycles. The maximum atomic E-state index is 5.77. The van der Waals surface area contributed by atoms with E-state index in [1.807, 2.05) is 6.07 Å². The molecule has 6 nitrogen and oxygen atoms in total. The van der Waals surface area contributed by atoms with Crippen molar-refractivity contribution in [2.45, 2.75) is 38.6 Å². The second-order valence-corrected chi connectivity index (χ2v) is 7.41. The Bertz CT molecular complexity index is 536. The zero-order valence-electron chi connectivity index (χ0n) is 16.3. The number of rotatable bonds is 10. The Labute approximate surface area is 157 Å². The van der Waals surface area contributed by atoms with Gasteiger partial charge in [0, 0.05) is 26.7 Å². The molecule has 0 spiro atoms. The second kappa shape index (κ2) is 9.97. The number of likely N-dealkylation sites (N-methyl/N-ethyl adjacent to an activating group) is 1. The SMILES string of the molecule is CCNC(=NCC(c1ccco1)N1CCCC1)N(C)CCOCC1CC1. The van der Waals surface area contributed by atoms with Gasteiger partial charge >= 0.3 is 0 Å². The summed E-state index contributed by atoms with van der Waals surface area (Å²) in [4.78, 5) is 9.57. The zero-order chi connectivity index (χ0) is 18.2. The van der Waals surface area contributed by atoms with Crippen LogP contribution in [0.4, 0.5) is 0 Å². The van der Waals surface area contributed by atoms with Gasteiger partial charge in [-0.1, -0.05) is 0 Å². The van der Waals surface area contributed by atoms with Crippen LogP contribution < -0.4 is 5.32 Å². The van der Waals surface area contributed by atoms with Crippen LogP contribution in [-0.4, -0.2) is 68.7 Å². The molecule has 1 aromatic heterocycles. The molecule has 1 atom stereocenters. The molecule has 1 N–H and O–H groups in total. The number of nitrogens with one attached hydrogen (secondary N) is 1. The highest BCUT2D eigenvalue weighted by Crippen LogP contribution is 2.28. The number of hydrogen-bond donors (Lipinski definition) is 1. The Balaban J connectivity index is 1.56. The molecule has 0 radical (unpaired) electrons.